The summed E-state index contributed by atoms with van der Waals surface area (Å²) in [5.41, 5.74) is 7.29. The number of hydrogen-bond donors (Lipinski definition) is 3. The highest BCUT2D eigenvalue weighted by atomic mass is 16.2. The fourth-order valence-corrected chi connectivity index (χ4v) is 3.03. The molecule has 0 atom stereocenters. The summed E-state index contributed by atoms with van der Waals surface area (Å²) in [6.07, 6.45) is 0. The lowest BCUT2D eigenvalue weighted by Gasteiger charge is -2.37. The van der Waals surface area contributed by atoms with Crippen molar-refractivity contribution in [3.8, 4) is 0 Å². The number of nitrogens with one attached hydrogen (secondary N) is 2. The maximum absolute atomic E-state index is 12.6. The molecule has 1 aliphatic rings. The van der Waals surface area contributed by atoms with Gasteiger partial charge in [0.25, 0.3) is 11.5 Å². The van der Waals surface area contributed by atoms with E-state index in [1.165, 1.54) is 11.1 Å². The lowest BCUT2D eigenvalue weighted by molar-refractivity contribution is 0.0741. The number of aromatic amines is 2. The highest BCUT2D eigenvalue weighted by Gasteiger charge is 2.25. The van der Waals surface area contributed by atoms with E-state index in [4.69, 9.17) is 5.73 Å². The van der Waals surface area contributed by atoms with Gasteiger partial charge in [-0.15, -0.1) is 0 Å². The number of aromatic nitrogens is 2. The van der Waals surface area contributed by atoms with Crippen molar-refractivity contribution in [2.24, 2.45) is 0 Å². The molecule has 0 unspecified atom stereocenters. The number of nitrogens with two attached hydrogens (primary N) is 1. The lowest BCUT2D eigenvalue weighted by atomic mass is 10.1. The van der Waals surface area contributed by atoms with Crippen LogP contribution in [0.15, 0.2) is 27.8 Å². The number of nitrogens with zero attached hydrogens (tertiary/aromatic N) is 2. The Morgan fingerprint density at radius 1 is 1.08 bits per heavy atom. The molecule has 1 aliphatic heterocycles. The van der Waals surface area contributed by atoms with Gasteiger partial charge in [-0.05, 0) is 31.0 Å². The molecule has 2 heterocycles. The van der Waals surface area contributed by atoms with E-state index < -0.39 is 17.2 Å². The zero-order chi connectivity index (χ0) is 18.1. The number of anilines is 2. The van der Waals surface area contributed by atoms with Crippen LogP contribution in [0.4, 0.5) is 11.4 Å². The van der Waals surface area contributed by atoms with Gasteiger partial charge in [0.05, 0.1) is 0 Å². The third-order valence-corrected chi connectivity index (χ3v) is 4.47. The van der Waals surface area contributed by atoms with Gasteiger partial charge in [0.15, 0.2) is 0 Å². The molecule has 4 N–H and O–H groups in total. The lowest BCUT2D eigenvalue weighted by Crippen LogP contribution is -2.49. The van der Waals surface area contributed by atoms with Crippen LogP contribution in [0.5, 0.6) is 0 Å². The molecule has 0 bridgehead atoms. The van der Waals surface area contributed by atoms with Crippen LogP contribution >= 0.6 is 0 Å². The van der Waals surface area contributed by atoms with E-state index in [1.54, 1.807) is 4.90 Å². The van der Waals surface area contributed by atoms with Gasteiger partial charge < -0.3 is 20.5 Å². The Labute approximate surface area is 144 Å². The van der Waals surface area contributed by atoms with Crippen molar-refractivity contribution in [2.75, 3.05) is 36.8 Å². The average molecular weight is 343 g/mol. The highest BCUT2D eigenvalue weighted by Crippen LogP contribution is 2.23. The molecule has 1 aromatic heterocycles. The van der Waals surface area contributed by atoms with Crippen molar-refractivity contribution in [1.82, 2.24) is 14.9 Å². The van der Waals surface area contributed by atoms with E-state index in [0.717, 1.165) is 5.69 Å². The van der Waals surface area contributed by atoms with E-state index >= 15 is 0 Å². The number of aryl methyl sites for hydroxylation is 2. The number of carbonyl (C=O) groups is 1. The van der Waals surface area contributed by atoms with Gasteiger partial charge in [0, 0.05) is 31.9 Å². The predicted molar refractivity (Wildman–Crippen MR) is 96.1 cm³/mol. The summed E-state index contributed by atoms with van der Waals surface area (Å²) in [4.78, 5) is 43.8. The van der Waals surface area contributed by atoms with Gasteiger partial charge in [0.1, 0.15) is 11.4 Å². The molecule has 8 nitrogen and oxygen atoms in total. The maximum atomic E-state index is 12.6. The smallest absolute Gasteiger partial charge is 0.326 e. The standard InChI is InChI=1S/C17H21N5O3/c1-10-3-4-11(2)12(9-10)21-5-7-22(8-6-21)16(24)14-13(18)15(23)20-17(25)19-14/h3-4,9H,5-8,18H2,1-2H3,(H2,19,20,23,25). The zero-order valence-corrected chi connectivity index (χ0v) is 14.3. The maximum Gasteiger partial charge on any atom is 0.326 e. The van der Waals surface area contributed by atoms with Gasteiger partial charge >= 0.3 is 5.69 Å². The first-order chi connectivity index (χ1) is 11.9. The molecule has 3 rings (SSSR count). The fraction of sp³-hybridized carbons (Fsp3) is 0.353. The molecular weight excluding hydrogens is 322 g/mol. The molecule has 2 aromatic rings. The van der Waals surface area contributed by atoms with Crippen LogP contribution in [-0.4, -0.2) is 47.0 Å². The molecule has 1 amide bonds. The number of piperazine rings is 1. The SMILES string of the molecule is Cc1ccc(C)c(N2CCN(C(=O)c3[nH]c(=O)[nH]c(=O)c3N)CC2)c1. The van der Waals surface area contributed by atoms with Crippen molar-refractivity contribution in [2.45, 2.75) is 13.8 Å². The normalized spacial score (nSPS) is 14.6. The minimum absolute atomic E-state index is 0.145. The van der Waals surface area contributed by atoms with Crippen molar-refractivity contribution >= 4 is 17.3 Å². The number of amides is 1. The first-order valence-electron chi connectivity index (χ1n) is 8.10. The summed E-state index contributed by atoms with van der Waals surface area (Å²) < 4.78 is 0. The summed E-state index contributed by atoms with van der Waals surface area (Å²) in [7, 11) is 0. The molecule has 1 fully saturated rings. The van der Waals surface area contributed by atoms with Crippen LogP contribution in [0.3, 0.4) is 0 Å². The number of nitrogen functional groups attached to an aromatic ring is 1. The van der Waals surface area contributed by atoms with Crippen molar-refractivity contribution in [3.63, 3.8) is 0 Å². The van der Waals surface area contributed by atoms with Crippen LogP contribution in [-0.2, 0) is 0 Å². The molecule has 132 valence electrons. The first kappa shape index (κ1) is 16.8. The molecule has 0 saturated carbocycles. The Kier molecular flexibility index (Phi) is 4.35. The summed E-state index contributed by atoms with van der Waals surface area (Å²) in [5, 5.41) is 0. The van der Waals surface area contributed by atoms with E-state index in [1.807, 2.05) is 4.98 Å². The highest BCUT2D eigenvalue weighted by molar-refractivity contribution is 5.97. The second-order valence-electron chi connectivity index (χ2n) is 6.27. The van der Waals surface area contributed by atoms with Crippen molar-refractivity contribution in [3.05, 3.63) is 55.9 Å². The molecule has 0 spiro atoms. The monoisotopic (exact) mass is 343 g/mol. The number of rotatable bonds is 2. The third kappa shape index (κ3) is 3.28. The topological polar surface area (TPSA) is 115 Å². The molecule has 0 radical (unpaired) electrons. The van der Waals surface area contributed by atoms with E-state index in [-0.39, 0.29) is 11.4 Å². The van der Waals surface area contributed by atoms with E-state index in [2.05, 4.69) is 41.9 Å². The average Bonchev–Trinajstić information content (AvgIpc) is 2.60. The number of benzene rings is 1. The van der Waals surface area contributed by atoms with Gasteiger partial charge in [-0.1, -0.05) is 12.1 Å². The second kappa shape index (κ2) is 6.46. The van der Waals surface area contributed by atoms with E-state index in [9.17, 15) is 14.4 Å². The Morgan fingerprint density at radius 2 is 1.76 bits per heavy atom. The summed E-state index contributed by atoms with van der Waals surface area (Å²) in [6.45, 7) is 6.43. The van der Waals surface area contributed by atoms with Crippen LogP contribution < -0.4 is 21.9 Å². The largest absolute Gasteiger partial charge is 0.392 e. The molecular formula is C17H21N5O3. The Morgan fingerprint density at radius 3 is 2.44 bits per heavy atom. The summed E-state index contributed by atoms with van der Waals surface area (Å²) in [5.74, 6) is -0.429. The van der Waals surface area contributed by atoms with Crippen LogP contribution in [0, 0.1) is 13.8 Å². The van der Waals surface area contributed by atoms with E-state index in [0.29, 0.717) is 26.2 Å². The molecule has 25 heavy (non-hydrogen) atoms. The number of hydrogen-bond acceptors (Lipinski definition) is 5. The molecule has 0 aliphatic carbocycles. The predicted octanol–water partition coefficient (Wildman–Crippen LogP) is 0.225. The summed E-state index contributed by atoms with van der Waals surface area (Å²) in [6, 6.07) is 6.30. The van der Waals surface area contributed by atoms with Crippen molar-refractivity contribution in [1.29, 1.82) is 0 Å². The zero-order valence-electron chi connectivity index (χ0n) is 14.3. The molecule has 1 saturated heterocycles. The molecule has 8 heteroatoms. The second-order valence-corrected chi connectivity index (χ2v) is 6.27. The third-order valence-electron chi connectivity index (χ3n) is 4.47. The van der Waals surface area contributed by atoms with Crippen LogP contribution in [0.25, 0.3) is 0 Å². The van der Waals surface area contributed by atoms with Gasteiger partial charge in [-0.2, -0.15) is 0 Å². The Balaban J connectivity index is 1.76. The van der Waals surface area contributed by atoms with Crippen molar-refractivity contribution < 1.29 is 4.79 Å². The Bertz CT molecular complexity index is 923. The first-order valence-corrected chi connectivity index (χ1v) is 8.10. The van der Waals surface area contributed by atoms with Crippen LogP contribution in [0.2, 0.25) is 0 Å². The minimum Gasteiger partial charge on any atom is -0.392 e. The summed E-state index contributed by atoms with van der Waals surface area (Å²) >= 11 is 0. The Hall–Kier alpha value is -3.03. The van der Waals surface area contributed by atoms with Gasteiger partial charge in [0.2, 0.25) is 0 Å². The minimum atomic E-state index is -0.749. The molecule has 1 aromatic carbocycles. The van der Waals surface area contributed by atoms with Crippen LogP contribution in [0.1, 0.15) is 21.6 Å². The van der Waals surface area contributed by atoms with Gasteiger partial charge in [-0.25, -0.2) is 4.79 Å². The fourth-order valence-electron chi connectivity index (χ4n) is 3.03. The number of H-pyrrole nitrogens is 2. The quantitative estimate of drug-likeness (QED) is 0.722. The van der Waals surface area contributed by atoms with Gasteiger partial charge in [-0.3, -0.25) is 14.6 Å². The number of carbonyl (C=O) groups excluding carboxylic acids is 1.